The van der Waals surface area contributed by atoms with Gasteiger partial charge >= 0.3 is 6.18 Å². The average Bonchev–Trinajstić information content (AvgIpc) is 2.59. The van der Waals surface area contributed by atoms with E-state index < -0.39 is 27.7 Å². The molecule has 0 spiro atoms. The predicted molar refractivity (Wildman–Crippen MR) is 98.5 cm³/mol. The molecule has 0 aromatic heterocycles. The second-order valence-electron chi connectivity index (χ2n) is 5.46. The topological polar surface area (TPSA) is 98.5 Å². The molecule has 28 heavy (non-hydrogen) atoms. The average molecular weight is 435 g/mol. The number of nitrogens with two attached hydrogens (primary N) is 1. The fraction of sp³-hybridized carbons (Fsp3) is 0.118. The highest BCUT2D eigenvalue weighted by Crippen LogP contribution is 2.32. The number of carbonyl (C=O) groups is 1. The minimum atomic E-state index is -4.56. The number of nitrogens with one attached hydrogen (secondary N) is 1. The van der Waals surface area contributed by atoms with E-state index in [4.69, 9.17) is 21.5 Å². The lowest BCUT2D eigenvalue weighted by molar-refractivity contribution is -0.137. The minimum absolute atomic E-state index is 0.0128. The van der Waals surface area contributed by atoms with Gasteiger partial charge in [0.1, 0.15) is 5.75 Å². The van der Waals surface area contributed by atoms with Gasteiger partial charge < -0.3 is 10.1 Å². The maximum atomic E-state index is 12.8. The third-order valence-electron chi connectivity index (χ3n) is 3.49. The zero-order chi connectivity index (χ0) is 21.1. The van der Waals surface area contributed by atoms with Gasteiger partial charge in [-0.15, -0.1) is 0 Å². The number of hydrogen-bond acceptors (Lipinski definition) is 4. The normalized spacial score (nSPS) is 12.2. The van der Waals surface area contributed by atoms with Crippen LogP contribution in [0, 0.1) is 0 Å². The van der Waals surface area contributed by atoms with Crippen molar-refractivity contribution >= 4 is 39.3 Å². The minimum Gasteiger partial charge on any atom is -0.495 e. The van der Waals surface area contributed by atoms with Crippen molar-refractivity contribution in [1.29, 1.82) is 0 Å². The van der Waals surface area contributed by atoms with Crippen molar-refractivity contribution in [2.45, 2.75) is 11.1 Å². The van der Waals surface area contributed by atoms with Crippen LogP contribution in [0.1, 0.15) is 11.1 Å². The number of amides is 1. The third kappa shape index (κ3) is 5.47. The Hall–Kier alpha value is -2.56. The SMILES string of the molecule is COc1ccc(S(N)(=O)=O)cc1NC(=O)/C=C/c1cc(C(F)(F)F)ccc1Cl. The van der Waals surface area contributed by atoms with Crippen molar-refractivity contribution in [2.24, 2.45) is 5.14 Å². The van der Waals surface area contributed by atoms with Crippen LogP contribution >= 0.6 is 11.6 Å². The molecular formula is C17H14ClF3N2O4S. The first-order valence-corrected chi connectivity index (χ1v) is 9.41. The molecule has 0 aliphatic rings. The number of methoxy groups -OCH3 is 1. The molecule has 2 rings (SSSR count). The Morgan fingerprint density at radius 3 is 2.46 bits per heavy atom. The Morgan fingerprint density at radius 1 is 1.21 bits per heavy atom. The molecule has 0 fully saturated rings. The van der Waals surface area contributed by atoms with Gasteiger partial charge in [-0.25, -0.2) is 13.6 Å². The number of hydrogen-bond donors (Lipinski definition) is 2. The monoisotopic (exact) mass is 434 g/mol. The molecule has 1 amide bonds. The second kappa shape index (κ2) is 8.21. The van der Waals surface area contributed by atoms with Crippen molar-refractivity contribution in [3.63, 3.8) is 0 Å². The van der Waals surface area contributed by atoms with Gasteiger partial charge in [-0.2, -0.15) is 13.2 Å². The highest BCUT2D eigenvalue weighted by Gasteiger charge is 2.30. The van der Waals surface area contributed by atoms with Crippen LogP contribution in [0.3, 0.4) is 0 Å². The molecule has 150 valence electrons. The molecular weight excluding hydrogens is 421 g/mol. The number of carbonyl (C=O) groups excluding carboxylic acids is 1. The zero-order valence-corrected chi connectivity index (χ0v) is 15.8. The van der Waals surface area contributed by atoms with Gasteiger partial charge in [0, 0.05) is 11.1 Å². The summed E-state index contributed by atoms with van der Waals surface area (Å²) < 4.78 is 66.3. The van der Waals surface area contributed by atoms with E-state index in [0.29, 0.717) is 0 Å². The highest BCUT2D eigenvalue weighted by molar-refractivity contribution is 7.89. The van der Waals surface area contributed by atoms with Crippen LogP contribution in [0.2, 0.25) is 5.02 Å². The summed E-state index contributed by atoms with van der Waals surface area (Å²) in [7, 11) is -2.71. The van der Waals surface area contributed by atoms with Crippen molar-refractivity contribution in [1.82, 2.24) is 0 Å². The molecule has 3 N–H and O–H groups in total. The van der Waals surface area contributed by atoms with Gasteiger partial charge in [0.05, 0.1) is 23.3 Å². The van der Waals surface area contributed by atoms with Crippen molar-refractivity contribution in [3.8, 4) is 5.75 Å². The Balaban J connectivity index is 2.28. The quantitative estimate of drug-likeness (QED) is 0.701. The molecule has 0 heterocycles. The lowest BCUT2D eigenvalue weighted by Crippen LogP contribution is -2.14. The first-order chi connectivity index (χ1) is 12.9. The molecule has 0 saturated carbocycles. The summed E-state index contributed by atoms with van der Waals surface area (Å²) >= 11 is 5.86. The first-order valence-electron chi connectivity index (χ1n) is 7.48. The molecule has 0 unspecified atom stereocenters. The third-order valence-corrected chi connectivity index (χ3v) is 4.75. The van der Waals surface area contributed by atoms with Crippen molar-refractivity contribution in [3.05, 3.63) is 58.6 Å². The largest absolute Gasteiger partial charge is 0.495 e. The van der Waals surface area contributed by atoms with E-state index >= 15 is 0 Å². The Kier molecular flexibility index (Phi) is 6.37. The van der Waals surface area contributed by atoms with E-state index in [2.05, 4.69) is 5.32 Å². The summed E-state index contributed by atoms with van der Waals surface area (Å²) in [5, 5.41) is 7.44. The Labute approximate surface area is 163 Å². The molecule has 6 nitrogen and oxygen atoms in total. The number of primary sulfonamides is 1. The number of benzene rings is 2. The van der Waals surface area contributed by atoms with E-state index in [-0.39, 0.29) is 26.9 Å². The first kappa shape index (κ1) is 21.7. The van der Waals surface area contributed by atoms with Crippen molar-refractivity contribution in [2.75, 3.05) is 12.4 Å². The fourth-order valence-electron chi connectivity index (χ4n) is 2.15. The standard InChI is InChI=1S/C17H14ClF3N2O4S/c1-27-15-6-4-12(28(22,25)26)9-14(15)23-16(24)7-2-10-8-11(17(19,20)21)3-5-13(10)18/h2-9H,1H3,(H,23,24)(H2,22,25,26)/b7-2+. The van der Waals surface area contributed by atoms with Gasteiger partial charge in [0.25, 0.3) is 0 Å². The van der Waals surface area contributed by atoms with Gasteiger partial charge in [0.2, 0.25) is 15.9 Å². The van der Waals surface area contributed by atoms with Gasteiger partial charge in [-0.1, -0.05) is 11.6 Å². The predicted octanol–water partition coefficient (Wildman–Crippen LogP) is 3.67. The Bertz CT molecular complexity index is 1040. The van der Waals surface area contributed by atoms with Crippen LogP contribution in [-0.2, 0) is 21.0 Å². The van der Waals surface area contributed by atoms with E-state index in [0.717, 1.165) is 36.4 Å². The summed E-state index contributed by atoms with van der Waals surface area (Å²) in [4.78, 5) is 11.9. The van der Waals surface area contributed by atoms with Crippen LogP contribution in [0.15, 0.2) is 47.4 Å². The summed E-state index contributed by atoms with van der Waals surface area (Å²) in [6.45, 7) is 0. The molecule has 0 aliphatic carbocycles. The molecule has 2 aromatic carbocycles. The van der Waals surface area contributed by atoms with Crippen LogP contribution in [-0.4, -0.2) is 21.4 Å². The van der Waals surface area contributed by atoms with Crippen molar-refractivity contribution < 1.29 is 31.1 Å². The molecule has 2 aromatic rings. The van der Waals surface area contributed by atoms with E-state index in [1.165, 1.54) is 19.2 Å². The lowest BCUT2D eigenvalue weighted by Gasteiger charge is -2.10. The maximum Gasteiger partial charge on any atom is 0.416 e. The van der Waals surface area contributed by atoms with Gasteiger partial charge in [-0.05, 0) is 48.0 Å². The van der Waals surface area contributed by atoms with Crippen LogP contribution < -0.4 is 15.2 Å². The molecule has 0 aliphatic heterocycles. The van der Waals surface area contributed by atoms with E-state index in [1.807, 2.05) is 0 Å². The number of anilines is 1. The van der Waals surface area contributed by atoms with E-state index in [9.17, 15) is 26.4 Å². The Morgan fingerprint density at radius 2 is 1.89 bits per heavy atom. The van der Waals surface area contributed by atoms with Gasteiger partial charge in [0.15, 0.2) is 0 Å². The summed E-state index contributed by atoms with van der Waals surface area (Å²) in [6, 6.07) is 6.28. The van der Waals surface area contributed by atoms with Gasteiger partial charge in [-0.3, -0.25) is 4.79 Å². The zero-order valence-electron chi connectivity index (χ0n) is 14.2. The fourth-order valence-corrected chi connectivity index (χ4v) is 2.87. The molecule has 0 bridgehead atoms. The second-order valence-corrected chi connectivity index (χ2v) is 7.43. The molecule has 0 atom stereocenters. The van der Waals surface area contributed by atoms with E-state index in [1.54, 1.807) is 0 Å². The van der Waals surface area contributed by atoms with Crippen LogP contribution in [0.25, 0.3) is 6.08 Å². The number of sulfonamides is 1. The lowest BCUT2D eigenvalue weighted by atomic mass is 10.1. The summed E-state index contributed by atoms with van der Waals surface area (Å²) in [6.07, 6.45) is -2.51. The highest BCUT2D eigenvalue weighted by atomic mass is 35.5. The number of alkyl halides is 3. The maximum absolute atomic E-state index is 12.8. The molecule has 0 saturated heterocycles. The number of rotatable bonds is 5. The number of ether oxygens (including phenoxy) is 1. The number of halogens is 4. The smallest absolute Gasteiger partial charge is 0.416 e. The molecule has 11 heteroatoms. The molecule has 0 radical (unpaired) electrons. The summed E-state index contributed by atoms with van der Waals surface area (Å²) in [5.41, 5.74) is -0.921. The van der Waals surface area contributed by atoms with Crippen LogP contribution in [0.5, 0.6) is 5.75 Å². The van der Waals surface area contributed by atoms with Crippen LogP contribution in [0.4, 0.5) is 18.9 Å². The summed E-state index contributed by atoms with van der Waals surface area (Å²) in [5.74, 6) is -0.593.